The van der Waals surface area contributed by atoms with E-state index in [9.17, 15) is 0 Å². The van der Waals surface area contributed by atoms with Crippen molar-refractivity contribution in [1.29, 1.82) is 0 Å². The van der Waals surface area contributed by atoms with Gasteiger partial charge in [-0.25, -0.2) is 0 Å². The molecule has 0 aromatic rings. The summed E-state index contributed by atoms with van der Waals surface area (Å²) in [5.41, 5.74) is 0. The molecule has 0 saturated carbocycles. The van der Waals surface area contributed by atoms with Crippen LogP contribution in [0.1, 0.15) is 0 Å². The Morgan fingerprint density at radius 1 is 1.29 bits per heavy atom. The molecule has 4 heteroatoms. The fraction of sp³-hybridized carbons (Fsp3) is 1.00. The molecule has 0 unspecified atom stereocenters. The van der Waals surface area contributed by atoms with E-state index in [2.05, 4.69) is 15.1 Å². The Morgan fingerprint density at radius 2 is 1.71 bits per heavy atom. The first kappa shape index (κ1) is 8.15. The molecule has 1 saturated heterocycles. The van der Waals surface area contributed by atoms with Crippen molar-refractivity contribution in [2.24, 2.45) is 0 Å². The Kier molecular flexibility index (Phi) is 8.32. The molecule has 1 rings (SSSR count). The van der Waals surface area contributed by atoms with Gasteiger partial charge in [0.1, 0.15) is 0 Å². The summed E-state index contributed by atoms with van der Waals surface area (Å²) in [6.07, 6.45) is 0. The van der Waals surface area contributed by atoms with E-state index in [-0.39, 0.29) is 0 Å². The molecule has 0 aromatic carbocycles. The molecular weight excluding hydrogens is 214 g/mol. The second-order valence-corrected chi connectivity index (χ2v) is 1.94. The average Bonchev–Trinajstić information content (AvgIpc) is 2.23. The van der Waals surface area contributed by atoms with Crippen LogP contribution in [0.4, 0.5) is 0 Å². The molecule has 2 N–H and O–H groups in total. The van der Waals surface area contributed by atoms with Crippen molar-refractivity contribution in [2.75, 3.05) is 13.1 Å². The Labute approximate surface area is 59.8 Å². The van der Waals surface area contributed by atoms with Crippen LogP contribution in [0.3, 0.4) is 0 Å². The van der Waals surface area contributed by atoms with Gasteiger partial charge in [-0.15, -0.1) is 0 Å². The normalized spacial score (nSPS) is 18.0. The van der Waals surface area contributed by atoms with Crippen molar-refractivity contribution >= 4 is 31.4 Å². The fourth-order valence-corrected chi connectivity index (χ4v) is 0.937. The van der Waals surface area contributed by atoms with Crippen LogP contribution in [-0.4, -0.2) is 35.6 Å². The van der Waals surface area contributed by atoms with E-state index in [1.54, 1.807) is 22.5 Å². The van der Waals surface area contributed by atoms with Crippen LogP contribution in [0, 0.1) is 0 Å². The summed E-state index contributed by atoms with van der Waals surface area (Å²) in [6.45, 7) is 2.30. The van der Waals surface area contributed by atoms with Crippen LogP contribution in [0.25, 0.3) is 0 Å². The molecule has 41 valence electrons. The standard InChI is InChI=1S/C2H7N2P.CH3.Sn/c1-2-4-5-3-1;;/h3-5H,1-2H2;1H3;. The Hall–Kier alpha value is 1.15. The average molecular weight is 224 g/mol. The first-order valence-corrected chi connectivity index (χ1v) is 6.06. The molecule has 0 bridgehead atoms. The first-order chi connectivity index (χ1) is 3.50. The van der Waals surface area contributed by atoms with Gasteiger partial charge >= 0.3 is 27.5 Å². The van der Waals surface area contributed by atoms with Crippen LogP contribution in [0.5, 0.6) is 0 Å². The summed E-state index contributed by atoms with van der Waals surface area (Å²) in [4.78, 5) is 2.09. The van der Waals surface area contributed by atoms with Crippen LogP contribution in [0.2, 0.25) is 4.94 Å². The molecule has 1 aliphatic heterocycles. The van der Waals surface area contributed by atoms with Crippen molar-refractivity contribution in [3.63, 3.8) is 0 Å². The third-order valence-corrected chi connectivity index (χ3v) is 1.41. The van der Waals surface area contributed by atoms with Gasteiger partial charge < -0.3 is 0 Å². The second-order valence-electron chi connectivity index (χ2n) is 0.979. The molecule has 0 atom stereocenters. The van der Waals surface area contributed by atoms with Gasteiger partial charge in [0.2, 0.25) is 0 Å². The molecule has 2 nitrogen and oxygen atoms in total. The van der Waals surface area contributed by atoms with Gasteiger partial charge in [0.25, 0.3) is 0 Å². The third kappa shape index (κ3) is 5.01. The monoisotopic (exact) mass is 225 g/mol. The third-order valence-electron chi connectivity index (χ3n) is 0.552. The molecule has 1 aliphatic rings. The predicted octanol–water partition coefficient (Wildman–Crippen LogP) is -0.109. The molecule has 3 radical (unpaired) electrons. The molecule has 1 fully saturated rings. The maximum absolute atomic E-state index is 3.14. The van der Waals surface area contributed by atoms with E-state index in [1.165, 1.54) is 0 Å². The van der Waals surface area contributed by atoms with E-state index >= 15 is 0 Å². The molecule has 0 aromatic heterocycles. The summed E-state index contributed by atoms with van der Waals surface area (Å²) in [6, 6.07) is 0. The van der Waals surface area contributed by atoms with Crippen molar-refractivity contribution < 1.29 is 0 Å². The van der Waals surface area contributed by atoms with Gasteiger partial charge in [-0.05, 0) is 0 Å². The molecular formula is C3H10N2PSn. The van der Waals surface area contributed by atoms with Crippen molar-refractivity contribution in [1.82, 2.24) is 10.2 Å². The zero-order valence-electron chi connectivity index (χ0n) is 4.41. The summed E-state index contributed by atoms with van der Waals surface area (Å²) in [5, 5.41) is 6.28. The minimum atomic E-state index is 0.809. The first-order valence-electron chi connectivity index (χ1n) is 2.21. The van der Waals surface area contributed by atoms with Crippen molar-refractivity contribution in [3.05, 3.63) is 0 Å². The second kappa shape index (κ2) is 7.15. The molecule has 1 heterocycles. The van der Waals surface area contributed by atoms with Gasteiger partial charge in [0, 0.05) is 22.0 Å². The van der Waals surface area contributed by atoms with Crippen LogP contribution in [0.15, 0.2) is 0 Å². The molecule has 7 heavy (non-hydrogen) atoms. The topological polar surface area (TPSA) is 24.1 Å². The number of rotatable bonds is 0. The number of hydrogen-bond donors (Lipinski definition) is 2. The minimum absolute atomic E-state index is 0.809. The summed E-state index contributed by atoms with van der Waals surface area (Å²) in [5.74, 6) is 0. The fourth-order valence-electron chi connectivity index (χ4n) is 0.312. The maximum atomic E-state index is 3.14. The van der Waals surface area contributed by atoms with Crippen molar-refractivity contribution in [2.45, 2.75) is 4.94 Å². The molecule has 0 spiro atoms. The molecule has 0 aliphatic carbocycles. The van der Waals surface area contributed by atoms with E-state index in [0.717, 1.165) is 22.0 Å². The number of hydrogen-bond acceptors (Lipinski definition) is 2. The summed E-state index contributed by atoms with van der Waals surface area (Å²) in [7, 11) is 0.809. The van der Waals surface area contributed by atoms with E-state index in [1.807, 2.05) is 0 Å². The van der Waals surface area contributed by atoms with Gasteiger partial charge in [0.15, 0.2) is 0 Å². The van der Waals surface area contributed by atoms with Crippen LogP contribution < -0.4 is 10.2 Å². The Bertz CT molecular complexity index is 24.5. The van der Waals surface area contributed by atoms with Crippen LogP contribution >= 0.6 is 8.88 Å². The van der Waals surface area contributed by atoms with Gasteiger partial charge in [-0.1, -0.05) is 0 Å². The summed E-state index contributed by atoms with van der Waals surface area (Å²) < 4.78 is 0. The zero-order valence-corrected chi connectivity index (χ0v) is 8.27. The van der Waals surface area contributed by atoms with Gasteiger partial charge in [-0.2, -0.15) is 0 Å². The molecule has 0 amide bonds. The quantitative estimate of drug-likeness (QED) is 0.443. The van der Waals surface area contributed by atoms with Gasteiger partial charge in [-0.3, -0.25) is 10.2 Å². The van der Waals surface area contributed by atoms with Crippen LogP contribution in [-0.2, 0) is 0 Å². The SMILES string of the molecule is C1CNPN1.[CH3][Sn]. The van der Waals surface area contributed by atoms with E-state index in [0.29, 0.717) is 0 Å². The summed E-state index contributed by atoms with van der Waals surface area (Å²) >= 11 is 1.55. The van der Waals surface area contributed by atoms with E-state index < -0.39 is 0 Å². The van der Waals surface area contributed by atoms with Crippen molar-refractivity contribution in [3.8, 4) is 0 Å². The zero-order chi connectivity index (χ0) is 5.54. The Morgan fingerprint density at radius 3 is 1.86 bits per heavy atom. The predicted molar refractivity (Wildman–Crippen MR) is 35.9 cm³/mol. The number of nitrogens with one attached hydrogen (secondary N) is 2. The van der Waals surface area contributed by atoms with E-state index in [4.69, 9.17) is 0 Å². The van der Waals surface area contributed by atoms with Gasteiger partial charge in [0.05, 0.1) is 0 Å². The Balaban J connectivity index is 0.000000162.